The lowest BCUT2D eigenvalue weighted by Crippen LogP contribution is -2.17. The van der Waals surface area contributed by atoms with Crippen LogP contribution in [0.25, 0.3) is 0 Å². The van der Waals surface area contributed by atoms with Gasteiger partial charge in [-0.15, -0.1) is 0 Å². The average molecular weight is 253 g/mol. The first kappa shape index (κ1) is 13.5. The third kappa shape index (κ3) is 4.73. The van der Waals surface area contributed by atoms with Crippen LogP contribution in [0, 0.1) is 11.6 Å². The third-order valence-electron chi connectivity index (χ3n) is 3.40. The maximum Gasteiger partial charge on any atom is 0.129 e. The zero-order valence-electron chi connectivity index (χ0n) is 10.7. The van der Waals surface area contributed by atoms with E-state index < -0.39 is 11.6 Å². The summed E-state index contributed by atoms with van der Waals surface area (Å²) in [4.78, 5) is 0. The largest absolute Gasteiger partial charge is 0.314 e. The van der Waals surface area contributed by atoms with E-state index in [1.807, 2.05) is 0 Å². The predicted octanol–water partition coefficient (Wildman–Crippen LogP) is 3.82. The van der Waals surface area contributed by atoms with E-state index in [-0.39, 0.29) is 0 Å². The van der Waals surface area contributed by atoms with E-state index in [2.05, 4.69) is 5.32 Å². The SMILES string of the molecule is Fc1ccc(CCCCCCNC2CC2)c(F)c1. The van der Waals surface area contributed by atoms with E-state index in [0.29, 0.717) is 12.0 Å². The Kier molecular flexibility index (Phi) is 5.12. The van der Waals surface area contributed by atoms with Crippen molar-refractivity contribution in [1.82, 2.24) is 5.32 Å². The van der Waals surface area contributed by atoms with Crippen molar-refractivity contribution in [3.05, 3.63) is 35.4 Å². The highest BCUT2D eigenvalue weighted by Crippen LogP contribution is 2.18. The number of hydrogen-bond donors (Lipinski definition) is 1. The topological polar surface area (TPSA) is 12.0 Å². The van der Waals surface area contributed by atoms with Crippen LogP contribution in [0.5, 0.6) is 0 Å². The van der Waals surface area contributed by atoms with E-state index in [4.69, 9.17) is 0 Å². The van der Waals surface area contributed by atoms with Gasteiger partial charge in [0.1, 0.15) is 11.6 Å². The van der Waals surface area contributed by atoms with Gasteiger partial charge in [-0.25, -0.2) is 8.78 Å². The van der Waals surface area contributed by atoms with Crippen LogP contribution < -0.4 is 5.32 Å². The first-order valence-corrected chi connectivity index (χ1v) is 6.93. The van der Waals surface area contributed by atoms with Gasteiger partial charge < -0.3 is 5.32 Å². The summed E-state index contributed by atoms with van der Waals surface area (Å²) in [7, 11) is 0. The minimum atomic E-state index is -0.498. The molecular formula is C15H21F2N. The van der Waals surface area contributed by atoms with Gasteiger partial charge in [-0.05, 0) is 50.3 Å². The molecule has 0 amide bonds. The fourth-order valence-electron chi connectivity index (χ4n) is 2.11. The lowest BCUT2D eigenvalue weighted by Gasteiger charge is -2.04. The molecule has 0 saturated heterocycles. The Morgan fingerprint density at radius 2 is 1.83 bits per heavy atom. The number of benzene rings is 1. The van der Waals surface area contributed by atoms with Gasteiger partial charge in [0.2, 0.25) is 0 Å². The first-order chi connectivity index (χ1) is 8.75. The molecule has 0 aliphatic heterocycles. The van der Waals surface area contributed by atoms with Crippen molar-refractivity contribution in [3.63, 3.8) is 0 Å². The van der Waals surface area contributed by atoms with E-state index in [0.717, 1.165) is 31.5 Å². The molecule has 1 fully saturated rings. The third-order valence-corrected chi connectivity index (χ3v) is 3.40. The van der Waals surface area contributed by atoms with E-state index in [9.17, 15) is 8.78 Å². The normalized spacial score (nSPS) is 15.0. The second-order valence-corrected chi connectivity index (χ2v) is 5.13. The lowest BCUT2D eigenvalue weighted by molar-refractivity contribution is 0.557. The molecule has 0 heterocycles. The highest BCUT2D eigenvalue weighted by atomic mass is 19.1. The van der Waals surface area contributed by atoms with Crippen LogP contribution in [0.15, 0.2) is 18.2 Å². The summed E-state index contributed by atoms with van der Waals surface area (Å²) >= 11 is 0. The quantitative estimate of drug-likeness (QED) is 0.694. The summed E-state index contributed by atoms with van der Waals surface area (Å²) in [6.45, 7) is 1.11. The highest BCUT2D eigenvalue weighted by molar-refractivity contribution is 5.18. The number of unbranched alkanes of at least 4 members (excludes halogenated alkanes) is 3. The molecule has 0 aromatic heterocycles. The van der Waals surface area contributed by atoms with Crippen molar-refractivity contribution >= 4 is 0 Å². The summed E-state index contributed by atoms with van der Waals surface area (Å²) in [5.41, 5.74) is 0.632. The molecule has 1 aliphatic carbocycles. The van der Waals surface area contributed by atoms with Gasteiger partial charge in [0, 0.05) is 12.1 Å². The molecule has 0 unspecified atom stereocenters. The Morgan fingerprint density at radius 1 is 1.06 bits per heavy atom. The summed E-state index contributed by atoms with van der Waals surface area (Å²) < 4.78 is 26.0. The molecule has 100 valence electrons. The molecule has 0 atom stereocenters. The van der Waals surface area contributed by atoms with Crippen molar-refractivity contribution in [2.45, 2.75) is 51.0 Å². The summed E-state index contributed by atoms with van der Waals surface area (Å²) in [6.07, 6.45) is 7.86. The molecule has 0 spiro atoms. The first-order valence-electron chi connectivity index (χ1n) is 6.93. The van der Waals surface area contributed by atoms with Crippen LogP contribution in [0.4, 0.5) is 8.78 Å². The predicted molar refractivity (Wildman–Crippen MR) is 69.6 cm³/mol. The Hall–Kier alpha value is -0.960. The molecule has 1 N–H and O–H groups in total. The Balaban J connectivity index is 1.53. The van der Waals surface area contributed by atoms with Crippen molar-refractivity contribution in [2.24, 2.45) is 0 Å². The van der Waals surface area contributed by atoms with Gasteiger partial charge >= 0.3 is 0 Å². The van der Waals surface area contributed by atoms with Gasteiger partial charge in [0.15, 0.2) is 0 Å². The summed E-state index contributed by atoms with van der Waals surface area (Å²) in [5, 5.41) is 3.48. The average Bonchev–Trinajstić information content (AvgIpc) is 3.14. The van der Waals surface area contributed by atoms with Crippen LogP contribution in [0.2, 0.25) is 0 Å². The second kappa shape index (κ2) is 6.83. The molecule has 18 heavy (non-hydrogen) atoms. The molecule has 0 radical (unpaired) electrons. The zero-order chi connectivity index (χ0) is 12.8. The van der Waals surface area contributed by atoms with Gasteiger partial charge in [-0.2, -0.15) is 0 Å². The summed E-state index contributed by atoms with van der Waals surface area (Å²) in [6, 6.07) is 4.64. The minimum Gasteiger partial charge on any atom is -0.314 e. The minimum absolute atomic E-state index is 0.412. The van der Waals surface area contributed by atoms with Crippen LogP contribution >= 0.6 is 0 Å². The lowest BCUT2D eigenvalue weighted by atomic mass is 10.1. The van der Waals surface area contributed by atoms with Crippen LogP contribution in [-0.4, -0.2) is 12.6 Å². The number of nitrogens with one attached hydrogen (secondary N) is 1. The number of hydrogen-bond acceptors (Lipinski definition) is 1. The fraction of sp³-hybridized carbons (Fsp3) is 0.600. The van der Waals surface area contributed by atoms with Crippen molar-refractivity contribution in [1.29, 1.82) is 0 Å². The number of aryl methyl sites for hydroxylation is 1. The molecule has 1 nitrogen and oxygen atoms in total. The summed E-state index contributed by atoms with van der Waals surface area (Å²) in [5.74, 6) is -0.909. The fourth-order valence-corrected chi connectivity index (χ4v) is 2.11. The number of halogens is 2. The smallest absolute Gasteiger partial charge is 0.129 e. The van der Waals surface area contributed by atoms with Crippen LogP contribution in [0.3, 0.4) is 0 Å². The maximum absolute atomic E-state index is 13.3. The molecule has 1 aromatic rings. The molecule has 1 aromatic carbocycles. The number of rotatable bonds is 8. The van der Waals surface area contributed by atoms with Gasteiger partial charge in [0.25, 0.3) is 0 Å². The molecule has 1 aliphatic rings. The van der Waals surface area contributed by atoms with Crippen LogP contribution in [0.1, 0.15) is 44.1 Å². The highest BCUT2D eigenvalue weighted by Gasteiger charge is 2.19. The van der Waals surface area contributed by atoms with Gasteiger partial charge in [0.05, 0.1) is 0 Å². The van der Waals surface area contributed by atoms with Crippen molar-refractivity contribution < 1.29 is 8.78 Å². The van der Waals surface area contributed by atoms with E-state index in [1.165, 1.54) is 31.7 Å². The Bertz CT molecular complexity index is 375. The molecule has 3 heteroatoms. The molecule has 1 saturated carbocycles. The standard InChI is InChI=1S/C15H21F2N/c16-13-7-6-12(15(17)11-13)5-3-1-2-4-10-18-14-8-9-14/h6-7,11,14,18H,1-5,8-10H2. The van der Waals surface area contributed by atoms with Crippen molar-refractivity contribution in [2.75, 3.05) is 6.54 Å². The Morgan fingerprint density at radius 3 is 2.56 bits per heavy atom. The van der Waals surface area contributed by atoms with Gasteiger partial charge in [-0.3, -0.25) is 0 Å². The van der Waals surface area contributed by atoms with Crippen molar-refractivity contribution in [3.8, 4) is 0 Å². The maximum atomic E-state index is 13.3. The zero-order valence-corrected chi connectivity index (χ0v) is 10.7. The van der Waals surface area contributed by atoms with Crippen LogP contribution in [-0.2, 0) is 6.42 Å². The van der Waals surface area contributed by atoms with E-state index in [1.54, 1.807) is 6.07 Å². The molecule has 2 rings (SSSR count). The van der Waals surface area contributed by atoms with E-state index >= 15 is 0 Å². The second-order valence-electron chi connectivity index (χ2n) is 5.13. The molecule has 0 bridgehead atoms. The molecular weight excluding hydrogens is 232 g/mol. The van der Waals surface area contributed by atoms with Gasteiger partial charge in [-0.1, -0.05) is 18.9 Å². The monoisotopic (exact) mass is 253 g/mol. The Labute approximate surface area is 108 Å².